The molecular weight excluding hydrogens is 315 g/mol. The second-order valence-corrected chi connectivity index (χ2v) is 6.21. The maximum atomic E-state index is 5.92. The SMILES string of the molecule is CC(C)(C)Oc1ccc(I)cc1CC[Si]. The van der Waals surface area contributed by atoms with E-state index in [2.05, 4.69) is 71.8 Å². The Labute approximate surface area is 109 Å². The molecule has 0 atom stereocenters. The zero-order chi connectivity index (χ0) is 11.5. The molecule has 0 heterocycles. The van der Waals surface area contributed by atoms with Crippen LogP contribution in [-0.2, 0) is 6.42 Å². The van der Waals surface area contributed by atoms with E-state index in [0.29, 0.717) is 0 Å². The molecule has 0 aliphatic carbocycles. The lowest BCUT2D eigenvalue weighted by Crippen LogP contribution is -2.23. The van der Waals surface area contributed by atoms with Crippen LogP contribution in [0.15, 0.2) is 18.2 Å². The van der Waals surface area contributed by atoms with Crippen LogP contribution in [0.1, 0.15) is 26.3 Å². The van der Waals surface area contributed by atoms with Crippen molar-refractivity contribution in [1.29, 1.82) is 0 Å². The molecule has 3 heteroatoms. The molecule has 0 aliphatic heterocycles. The maximum absolute atomic E-state index is 5.92. The molecule has 1 nitrogen and oxygen atoms in total. The van der Waals surface area contributed by atoms with E-state index < -0.39 is 0 Å². The molecule has 0 spiro atoms. The molecule has 0 saturated carbocycles. The number of hydrogen-bond acceptors (Lipinski definition) is 1. The van der Waals surface area contributed by atoms with Gasteiger partial charge in [-0.2, -0.15) is 0 Å². The smallest absolute Gasteiger partial charge is 0.123 e. The molecule has 81 valence electrons. The lowest BCUT2D eigenvalue weighted by molar-refractivity contribution is 0.129. The van der Waals surface area contributed by atoms with Gasteiger partial charge in [0.1, 0.15) is 11.4 Å². The summed E-state index contributed by atoms with van der Waals surface area (Å²) in [7, 11) is 3.51. The van der Waals surface area contributed by atoms with Crippen LogP contribution in [0.4, 0.5) is 0 Å². The first-order chi connectivity index (χ1) is 6.92. The van der Waals surface area contributed by atoms with Gasteiger partial charge in [-0.3, -0.25) is 0 Å². The van der Waals surface area contributed by atoms with E-state index in [9.17, 15) is 0 Å². The lowest BCUT2D eigenvalue weighted by atomic mass is 10.1. The zero-order valence-electron chi connectivity index (χ0n) is 9.43. The van der Waals surface area contributed by atoms with Crippen LogP contribution in [0.2, 0.25) is 6.04 Å². The molecule has 0 saturated heterocycles. The minimum Gasteiger partial charge on any atom is -0.488 e. The van der Waals surface area contributed by atoms with Crippen LogP contribution in [-0.4, -0.2) is 15.8 Å². The van der Waals surface area contributed by atoms with Gasteiger partial charge in [0.05, 0.1) is 0 Å². The van der Waals surface area contributed by atoms with E-state index >= 15 is 0 Å². The predicted molar refractivity (Wildman–Crippen MR) is 73.8 cm³/mol. The third-order valence-electron chi connectivity index (χ3n) is 1.83. The molecule has 0 N–H and O–H groups in total. The molecule has 15 heavy (non-hydrogen) atoms. The molecule has 3 radical (unpaired) electrons. The molecule has 0 aromatic heterocycles. The van der Waals surface area contributed by atoms with Crippen LogP contribution < -0.4 is 4.74 Å². The van der Waals surface area contributed by atoms with Gasteiger partial charge in [0.25, 0.3) is 0 Å². The monoisotopic (exact) mass is 331 g/mol. The van der Waals surface area contributed by atoms with Crippen molar-refractivity contribution in [2.75, 3.05) is 0 Å². The first-order valence-corrected chi connectivity index (χ1v) is 6.83. The molecule has 0 amide bonds. The summed E-state index contributed by atoms with van der Waals surface area (Å²) in [5, 5.41) is 0. The van der Waals surface area contributed by atoms with Gasteiger partial charge < -0.3 is 4.74 Å². The summed E-state index contributed by atoms with van der Waals surface area (Å²) in [6, 6.07) is 7.28. The number of aryl methyl sites for hydroxylation is 1. The third kappa shape index (κ3) is 4.55. The number of ether oxygens (including phenoxy) is 1. The molecule has 0 bridgehead atoms. The van der Waals surface area contributed by atoms with Crippen LogP contribution >= 0.6 is 22.6 Å². The second kappa shape index (κ2) is 5.34. The van der Waals surface area contributed by atoms with Gasteiger partial charge in [-0.05, 0) is 73.5 Å². The topological polar surface area (TPSA) is 9.23 Å². The fraction of sp³-hybridized carbons (Fsp3) is 0.500. The van der Waals surface area contributed by atoms with Gasteiger partial charge in [0.15, 0.2) is 0 Å². The Morgan fingerprint density at radius 2 is 2.00 bits per heavy atom. The van der Waals surface area contributed by atoms with Crippen molar-refractivity contribution in [3.63, 3.8) is 0 Å². The van der Waals surface area contributed by atoms with Crippen molar-refractivity contribution < 1.29 is 4.74 Å². The van der Waals surface area contributed by atoms with E-state index in [1.165, 1.54) is 9.13 Å². The fourth-order valence-corrected chi connectivity index (χ4v) is 2.13. The van der Waals surface area contributed by atoms with E-state index in [-0.39, 0.29) is 5.60 Å². The van der Waals surface area contributed by atoms with Gasteiger partial charge in [0, 0.05) is 13.8 Å². The van der Waals surface area contributed by atoms with Crippen LogP contribution in [0.25, 0.3) is 0 Å². The minimum absolute atomic E-state index is 0.132. The number of benzene rings is 1. The van der Waals surface area contributed by atoms with Gasteiger partial charge >= 0.3 is 0 Å². The molecule has 1 aromatic rings. The highest BCUT2D eigenvalue weighted by molar-refractivity contribution is 14.1. The Balaban J connectivity index is 2.95. The van der Waals surface area contributed by atoms with Gasteiger partial charge in [-0.15, -0.1) is 0 Å². The highest BCUT2D eigenvalue weighted by atomic mass is 127. The van der Waals surface area contributed by atoms with Gasteiger partial charge in [-0.1, -0.05) is 6.04 Å². The standard InChI is InChI=1S/C12H16IOSi/c1-12(2,3)14-11-5-4-10(13)8-9(11)6-7-15/h4-5,8H,6-7H2,1-3H3. The summed E-state index contributed by atoms with van der Waals surface area (Å²) in [4.78, 5) is 0. The molecule has 1 rings (SSSR count). The van der Waals surface area contributed by atoms with Crippen molar-refractivity contribution in [2.45, 2.75) is 38.8 Å². The van der Waals surface area contributed by atoms with Crippen LogP contribution in [0.3, 0.4) is 0 Å². The summed E-state index contributed by atoms with van der Waals surface area (Å²) in [6.45, 7) is 6.22. The molecule has 0 aliphatic rings. The number of hydrogen-bond donors (Lipinski definition) is 0. The quantitative estimate of drug-likeness (QED) is 0.607. The number of rotatable bonds is 3. The van der Waals surface area contributed by atoms with Crippen molar-refractivity contribution in [2.24, 2.45) is 0 Å². The maximum Gasteiger partial charge on any atom is 0.123 e. The van der Waals surface area contributed by atoms with Crippen molar-refractivity contribution in [1.82, 2.24) is 0 Å². The second-order valence-electron chi connectivity index (χ2n) is 4.47. The summed E-state index contributed by atoms with van der Waals surface area (Å²) in [5.74, 6) is 1.00. The zero-order valence-corrected chi connectivity index (χ0v) is 12.6. The highest BCUT2D eigenvalue weighted by Gasteiger charge is 2.14. The van der Waals surface area contributed by atoms with Gasteiger partial charge in [-0.25, -0.2) is 0 Å². The van der Waals surface area contributed by atoms with Crippen molar-refractivity contribution >= 4 is 32.8 Å². The van der Waals surface area contributed by atoms with E-state index in [4.69, 9.17) is 4.74 Å². The molecular formula is C12H16IOSi. The minimum atomic E-state index is -0.132. The Morgan fingerprint density at radius 3 is 2.53 bits per heavy atom. The predicted octanol–water partition coefficient (Wildman–Crippen LogP) is 3.60. The molecule has 1 aromatic carbocycles. The van der Waals surface area contributed by atoms with Gasteiger partial charge in [0.2, 0.25) is 0 Å². The normalized spacial score (nSPS) is 11.5. The van der Waals surface area contributed by atoms with E-state index in [0.717, 1.165) is 18.2 Å². The van der Waals surface area contributed by atoms with Crippen molar-refractivity contribution in [3.05, 3.63) is 27.3 Å². The molecule has 0 unspecified atom stereocenters. The van der Waals surface area contributed by atoms with E-state index in [1.807, 2.05) is 0 Å². The summed E-state index contributed by atoms with van der Waals surface area (Å²) < 4.78 is 7.17. The Morgan fingerprint density at radius 1 is 1.33 bits per heavy atom. The Kier molecular flexibility index (Phi) is 4.64. The first-order valence-electron chi connectivity index (χ1n) is 5.04. The Bertz CT molecular complexity index is 331. The highest BCUT2D eigenvalue weighted by Crippen LogP contribution is 2.26. The summed E-state index contributed by atoms with van der Waals surface area (Å²) in [5.41, 5.74) is 1.14. The Hall–Kier alpha value is -0.0331. The number of halogens is 1. The largest absolute Gasteiger partial charge is 0.488 e. The lowest BCUT2D eigenvalue weighted by Gasteiger charge is -2.23. The van der Waals surface area contributed by atoms with Crippen molar-refractivity contribution in [3.8, 4) is 5.75 Å². The fourth-order valence-electron chi connectivity index (χ4n) is 1.31. The van der Waals surface area contributed by atoms with Crippen LogP contribution in [0.5, 0.6) is 5.75 Å². The molecule has 0 fully saturated rings. The average Bonchev–Trinajstić information content (AvgIpc) is 2.08. The van der Waals surface area contributed by atoms with E-state index in [1.54, 1.807) is 0 Å². The third-order valence-corrected chi connectivity index (χ3v) is 2.75. The van der Waals surface area contributed by atoms with Crippen LogP contribution in [0, 0.1) is 3.57 Å². The first kappa shape index (κ1) is 13.0. The average molecular weight is 331 g/mol. The summed E-state index contributed by atoms with van der Waals surface area (Å²) in [6.07, 6.45) is 0.999. The summed E-state index contributed by atoms with van der Waals surface area (Å²) >= 11 is 2.33.